The van der Waals surface area contributed by atoms with Gasteiger partial charge in [0.05, 0.1) is 18.1 Å². The maximum Gasteiger partial charge on any atom is 0.276 e. The molecule has 2 aliphatic heterocycles. The Morgan fingerprint density at radius 1 is 1.05 bits per heavy atom. The number of rotatable bonds is 5. The van der Waals surface area contributed by atoms with E-state index in [0.29, 0.717) is 41.3 Å². The van der Waals surface area contributed by atoms with Crippen molar-refractivity contribution in [2.24, 2.45) is 0 Å². The molecule has 208 valence electrons. The highest BCUT2D eigenvalue weighted by Gasteiger charge is 2.46. The van der Waals surface area contributed by atoms with Gasteiger partial charge in [-0.25, -0.2) is 23.4 Å². The number of amides is 1. The maximum atomic E-state index is 13.1. The van der Waals surface area contributed by atoms with Gasteiger partial charge in [0.25, 0.3) is 5.91 Å². The lowest BCUT2D eigenvalue weighted by atomic mass is 9.87. The van der Waals surface area contributed by atoms with Crippen LogP contribution in [-0.4, -0.2) is 82.5 Å². The highest BCUT2D eigenvalue weighted by Crippen LogP contribution is 2.45. The Morgan fingerprint density at radius 3 is 2.44 bits per heavy atom. The van der Waals surface area contributed by atoms with Gasteiger partial charge in [-0.05, 0) is 37.8 Å². The molecular formula is C26H25N11O3S. The molecule has 0 aliphatic carbocycles. The van der Waals surface area contributed by atoms with Crippen LogP contribution in [0, 0.1) is 0 Å². The third-order valence-corrected chi connectivity index (χ3v) is 9.05. The zero-order chi connectivity index (χ0) is 28.3. The van der Waals surface area contributed by atoms with Gasteiger partial charge in [-0.3, -0.25) is 9.78 Å². The van der Waals surface area contributed by atoms with E-state index in [1.54, 1.807) is 30.9 Å². The zero-order valence-corrected chi connectivity index (χ0v) is 22.7. The normalized spacial score (nSPS) is 20.5. The molecule has 2 saturated heterocycles. The predicted molar refractivity (Wildman–Crippen MR) is 146 cm³/mol. The van der Waals surface area contributed by atoms with Crippen LogP contribution in [0.25, 0.3) is 28.3 Å². The molecule has 2 fully saturated rings. The van der Waals surface area contributed by atoms with Crippen molar-refractivity contribution in [3.05, 3.63) is 60.6 Å². The summed E-state index contributed by atoms with van der Waals surface area (Å²) in [6, 6.07) is 5.26. The van der Waals surface area contributed by atoms with Crippen LogP contribution in [0.3, 0.4) is 0 Å². The summed E-state index contributed by atoms with van der Waals surface area (Å²) in [7, 11) is -3.75. The first-order valence-corrected chi connectivity index (χ1v) is 15.0. The van der Waals surface area contributed by atoms with Gasteiger partial charge in [-0.15, -0.1) is 0 Å². The van der Waals surface area contributed by atoms with Crippen molar-refractivity contribution in [2.75, 3.05) is 12.0 Å². The van der Waals surface area contributed by atoms with Crippen LogP contribution in [-0.2, 0) is 9.84 Å². The van der Waals surface area contributed by atoms with Crippen molar-refractivity contribution in [3.8, 4) is 22.6 Å². The molecule has 2 unspecified atom stereocenters. The molecule has 2 aliphatic rings. The number of carbonyl (C=O) groups is 1. The molecule has 2 atom stereocenters. The summed E-state index contributed by atoms with van der Waals surface area (Å²) in [4.78, 5) is 32.9. The number of nitrogens with one attached hydrogen (secondary N) is 1. The van der Waals surface area contributed by atoms with Gasteiger partial charge in [0.15, 0.2) is 27.0 Å². The fourth-order valence-electron chi connectivity index (χ4n) is 6.16. The minimum Gasteiger partial charge on any atom is -0.382 e. The minimum atomic E-state index is -3.75. The summed E-state index contributed by atoms with van der Waals surface area (Å²) in [5.41, 5.74) is 9.61. The summed E-state index contributed by atoms with van der Waals surface area (Å²) in [6.45, 7) is 0. The van der Waals surface area contributed by atoms with E-state index >= 15 is 0 Å². The Labute approximate surface area is 234 Å². The van der Waals surface area contributed by atoms with Crippen LogP contribution < -0.4 is 5.73 Å². The molecule has 5 aromatic rings. The lowest BCUT2D eigenvalue weighted by Gasteiger charge is -2.38. The molecule has 0 spiro atoms. The largest absolute Gasteiger partial charge is 0.382 e. The van der Waals surface area contributed by atoms with Gasteiger partial charge < -0.3 is 10.6 Å². The molecular weight excluding hydrogens is 546 g/mol. The number of H-pyrrole nitrogens is 1. The molecule has 0 radical (unpaired) electrons. The summed E-state index contributed by atoms with van der Waals surface area (Å²) in [5.74, 6) is 0.120. The number of pyridine rings is 1. The highest BCUT2D eigenvalue weighted by atomic mass is 32.2. The average molecular weight is 572 g/mol. The van der Waals surface area contributed by atoms with E-state index in [9.17, 15) is 13.2 Å². The van der Waals surface area contributed by atoms with Gasteiger partial charge in [-0.2, -0.15) is 25.0 Å². The average Bonchev–Trinajstić information content (AvgIpc) is 3.71. The second-order valence-electron chi connectivity index (χ2n) is 10.4. The van der Waals surface area contributed by atoms with E-state index in [1.807, 2.05) is 17.0 Å². The number of anilines is 1. The number of aromatic amines is 1. The Kier molecular flexibility index (Phi) is 5.78. The summed E-state index contributed by atoms with van der Waals surface area (Å²) < 4.78 is 27.5. The third-order valence-electron chi connectivity index (χ3n) is 7.89. The maximum absolute atomic E-state index is 13.1. The van der Waals surface area contributed by atoms with Crippen LogP contribution in [0.4, 0.5) is 5.82 Å². The van der Waals surface area contributed by atoms with E-state index < -0.39 is 9.84 Å². The van der Waals surface area contributed by atoms with Crippen LogP contribution >= 0.6 is 0 Å². The van der Waals surface area contributed by atoms with Crippen LogP contribution in [0.2, 0.25) is 0 Å². The lowest BCUT2D eigenvalue weighted by Crippen LogP contribution is -2.46. The van der Waals surface area contributed by atoms with E-state index in [-0.39, 0.29) is 40.3 Å². The van der Waals surface area contributed by atoms with Crippen molar-refractivity contribution < 1.29 is 13.2 Å². The number of hydrogen-bond donors (Lipinski definition) is 2. The zero-order valence-electron chi connectivity index (χ0n) is 21.9. The van der Waals surface area contributed by atoms with Crippen molar-refractivity contribution in [1.29, 1.82) is 0 Å². The first-order chi connectivity index (χ1) is 19.8. The number of aromatic nitrogens is 9. The van der Waals surface area contributed by atoms with Gasteiger partial charge in [-0.1, -0.05) is 6.07 Å². The second kappa shape index (κ2) is 9.40. The molecule has 0 aromatic carbocycles. The topological polar surface area (TPSA) is 191 Å². The second-order valence-corrected chi connectivity index (χ2v) is 12.4. The Hall–Kier alpha value is -4.79. The van der Waals surface area contributed by atoms with Crippen LogP contribution in [0.15, 0.2) is 54.1 Å². The molecule has 5 aromatic heterocycles. The standard InChI is InChI=1S/C26H25N11O3S/c1-41(39,40)22-21(15-9-16-4-5-17(10-15)36(16)26(38)20-13-31-35-34-20)33-25-18(12-32-37(25)23(22)27)14-3-6-19(30-11-14)24-28-7-2-8-29-24/h2-3,6-8,11-13,15-17H,4-5,9-10,27H2,1H3,(H,31,34,35). The predicted octanol–water partition coefficient (Wildman–Crippen LogP) is 1.90. The number of piperidine rings is 1. The van der Waals surface area contributed by atoms with Gasteiger partial charge in [0, 0.05) is 54.0 Å². The molecule has 41 heavy (non-hydrogen) atoms. The smallest absolute Gasteiger partial charge is 0.276 e. The number of nitrogen functional groups attached to an aromatic ring is 1. The SMILES string of the molecule is CS(=O)(=O)c1c(C2CC3CCC(C2)N3C(=O)c2cn[nH]n2)nc2c(-c3ccc(-c4ncccn4)nc3)cnn2c1N. The fourth-order valence-corrected chi connectivity index (χ4v) is 7.22. The first-order valence-electron chi connectivity index (χ1n) is 13.1. The van der Waals surface area contributed by atoms with Crippen molar-refractivity contribution in [2.45, 2.75) is 48.6 Å². The van der Waals surface area contributed by atoms with Crippen LogP contribution in [0.5, 0.6) is 0 Å². The van der Waals surface area contributed by atoms with E-state index in [0.717, 1.165) is 24.7 Å². The van der Waals surface area contributed by atoms with E-state index in [1.165, 1.54) is 10.7 Å². The molecule has 15 heteroatoms. The van der Waals surface area contributed by atoms with Crippen molar-refractivity contribution >= 4 is 27.2 Å². The fraction of sp³-hybridized carbons (Fsp3) is 0.308. The minimum absolute atomic E-state index is 0.00876. The summed E-state index contributed by atoms with van der Waals surface area (Å²) >= 11 is 0. The Balaban J connectivity index is 1.29. The molecule has 2 bridgehead atoms. The summed E-state index contributed by atoms with van der Waals surface area (Å²) in [5, 5.41) is 14.6. The molecule has 14 nitrogen and oxygen atoms in total. The van der Waals surface area contributed by atoms with Gasteiger partial charge >= 0.3 is 0 Å². The third kappa shape index (κ3) is 4.20. The van der Waals surface area contributed by atoms with Crippen molar-refractivity contribution in [1.82, 2.24) is 49.9 Å². The molecule has 7 rings (SSSR count). The number of sulfone groups is 1. The quantitative estimate of drug-likeness (QED) is 0.313. The number of carbonyl (C=O) groups excluding carboxylic acids is 1. The van der Waals surface area contributed by atoms with Gasteiger partial charge in [0.2, 0.25) is 0 Å². The van der Waals surface area contributed by atoms with Gasteiger partial charge in [0.1, 0.15) is 16.4 Å². The Morgan fingerprint density at radius 2 is 1.80 bits per heavy atom. The highest BCUT2D eigenvalue weighted by molar-refractivity contribution is 7.91. The number of nitrogens with zero attached hydrogens (tertiary/aromatic N) is 9. The lowest BCUT2D eigenvalue weighted by molar-refractivity contribution is 0.0562. The monoisotopic (exact) mass is 571 g/mol. The number of fused-ring (bicyclic) bond motifs is 3. The molecule has 7 heterocycles. The molecule has 3 N–H and O–H groups in total. The molecule has 1 amide bonds. The first kappa shape index (κ1) is 25.2. The number of nitrogens with two attached hydrogens (primary N) is 1. The van der Waals surface area contributed by atoms with Crippen molar-refractivity contribution in [3.63, 3.8) is 0 Å². The number of hydrogen-bond acceptors (Lipinski definition) is 11. The Bertz CT molecular complexity index is 1860. The van der Waals surface area contributed by atoms with E-state index in [2.05, 4.69) is 35.5 Å². The molecule has 0 saturated carbocycles. The van der Waals surface area contributed by atoms with Crippen LogP contribution in [0.1, 0.15) is 47.8 Å². The summed E-state index contributed by atoms with van der Waals surface area (Å²) in [6.07, 6.45) is 11.9. The van der Waals surface area contributed by atoms with E-state index in [4.69, 9.17) is 10.7 Å².